The van der Waals surface area contributed by atoms with Crippen LogP contribution in [0.4, 0.5) is 0 Å². The maximum atomic E-state index is 8.87. The van der Waals surface area contributed by atoms with Gasteiger partial charge in [-0.1, -0.05) is 13.3 Å². The number of ether oxygens (including phenoxy) is 1. The monoisotopic (exact) mass is 172 g/mol. The van der Waals surface area contributed by atoms with Crippen molar-refractivity contribution in [1.82, 2.24) is 0 Å². The second-order valence-corrected chi connectivity index (χ2v) is 3.63. The van der Waals surface area contributed by atoms with Crippen molar-refractivity contribution in [2.24, 2.45) is 11.8 Å². The lowest BCUT2D eigenvalue weighted by Gasteiger charge is -2.29. The summed E-state index contributed by atoms with van der Waals surface area (Å²) in [4.78, 5) is 0. The normalized spacial score (nSPS) is 22.5. The fourth-order valence-corrected chi connectivity index (χ4v) is 2.13. The molecule has 72 valence electrons. The Bertz CT molecular complexity index is 106. The van der Waals surface area contributed by atoms with Gasteiger partial charge in [-0.25, -0.2) is 0 Å². The summed E-state index contributed by atoms with van der Waals surface area (Å²) in [6.45, 7) is 4.41. The fraction of sp³-hybridized carbons (Fsp3) is 1.00. The lowest BCUT2D eigenvalue weighted by Crippen LogP contribution is -2.23. The van der Waals surface area contributed by atoms with Gasteiger partial charge < -0.3 is 9.84 Å². The minimum atomic E-state index is 0.343. The minimum absolute atomic E-state index is 0.343. The highest BCUT2D eigenvalue weighted by Crippen LogP contribution is 2.28. The highest BCUT2D eigenvalue weighted by atomic mass is 16.5. The Hall–Kier alpha value is -0.0800. The molecular formula is C10H20O2. The van der Waals surface area contributed by atoms with E-state index >= 15 is 0 Å². The first-order valence-electron chi connectivity index (χ1n) is 5.07. The zero-order valence-corrected chi connectivity index (χ0v) is 7.96. The van der Waals surface area contributed by atoms with Crippen LogP contribution >= 0.6 is 0 Å². The summed E-state index contributed by atoms with van der Waals surface area (Å²) in [6.07, 6.45) is 4.56. The predicted molar refractivity (Wildman–Crippen MR) is 49.0 cm³/mol. The molecule has 1 heterocycles. The van der Waals surface area contributed by atoms with Crippen LogP contribution in [0.1, 0.15) is 32.6 Å². The Morgan fingerprint density at radius 3 is 2.58 bits per heavy atom. The summed E-state index contributed by atoms with van der Waals surface area (Å²) in [7, 11) is 0. The molecule has 0 bridgehead atoms. The van der Waals surface area contributed by atoms with E-state index < -0.39 is 0 Å². The molecule has 0 spiro atoms. The molecule has 1 fully saturated rings. The summed E-state index contributed by atoms with van der Waals surface area (Å²) >= 11 is 0. The third-order valence-corrected chi connectivity index (χ3v) is 2.96. The van der Waals surface area contributed by atoms with E-state index in [9.17, 15) is 0 Å². The number of aliphatic hydroxyl groups is 1. The fourth-order valence-electron chi connectivity index (χ4n) is 2.13. The van der Waals surface area contributed by atoms with Gasteiger partial charge in [0, 0.05) is 19.8 Å². The maximum absolute atomic E-state index is 8.87. The molecule has 0 aliphatic carbocycles. The van der Waals surface area contributed by atoms with Crippen molar-refractivity contribution in [3.63, 3.8) is 0 Å². The van der Waals surface area contributed by atoms with Gasteiger partial charge in [-0.2, -0.15) is 0 Å². The van der Waals surface area contributed by atoms with E-state index in [0.29, 0.717) is 6.61 Å². The maximum Gasteiger partial charge on any atom is 0.0468 e. The summed E-state index contributed by atoms with van der Waals surface area (Å²) < 4.78 is 5.31. The van der Waals surface area contributed by atoms with Crippen molar-refractivity contribution in [1.29, 1.82) is 0 Å². The molecule has 0 amide bonds. The number of aliphatic hydroxyl groups excluding tert-OH is 1. The average Bonchev–Trinajstić information content (AvgIpc) is 2.15. The van der Waals surface area contributed by atoms with Crippen molar-refractivity contribution in [2.45, 2.75) is 32.6 Å². The smallest absolute Gasteiger partial charge is 0.0468 e. The predicted octanol–water partition coefficient (Wildman–Crippen LogP) is 1.82. The molecule has 0 saturated carbocycles. The SMILES string of the molecule is CCC(CCO)C1CCOCC1. The average molecular weight is 172 g/mol. The zero-order valence-electron chi connectivity index (χ0n) is 7.96. The molecule has 0 radical (unpaired) electrons. The van der Waals surface area contributed by atoms with Gasteiger partial charge in [-0.15, -0.1) is 0 Å². The van der Waals surface area contributed by atoms with Gasteiger partial charge in [0.1, 0.15) is 0 Å². The van der Waals surface area contributed by atoms with Gasteiger partial charge in [0.2, 0.25) is 0 Å². The van der Waals surface area contributed by atoms with Crippen LogP contribution in [0, 0.1) is 11.8 Å². The molecule has 2 nitrogen and oxygen atoms in total. The molecule has 0 aromatic heterocycles. The van der Waals surface area contributed by atoms with Crippen LogP contribution in [0.15, 0.2) is 0 Å². The molecule has 12 heavy (non-hydrogen) atoms. The summed E-state index contributed by atoms with van der Waals surface area (Å²) in [5.41, 5.74) is 0. The van der Waals surface area contributed by atoms with Gasteiger partial charge in [-0.3, -0.25) is 0 Å². The lowest BCUT2D eigenvalue weighted by atomic mass is 9.82. The molecule has 1 aliphatic heterocycles. The summed E-state index contributed by atoms with van der Waals surface area (Å²) in [5, 5.41) is 8.87. The van der Waals surface area contributed by atoms with Crippen molar-refractivity contribution in [2.75, 3.05) is 19.8 Å². The first kappa shape index (κ1) is 10.0. The topological polar surface area (TPSA) is 29.5 Å². The number of hydrogen-bond donors (Lipinski definition) is 1. The van der Waals surface area contributed by atoms with Crippen LogP contribution < -0.4 is 0 Å². The van der Waals surface area contributed by atoms with Crippen LogP contribution in [-0.2, 0) is 4.74 Å². The Balaban J connectivity index is 2.29. The van der Waals surface area contributed by atoms with Crippen LogP contribution in [0.25, 0.3) is 0 Å². The highest BCUT2D eigenvalue weighted by molar-refractivity contribution is 4.71. The van der Waals surface area contributed by atoms with E-state index in [4.69, 9.17) is 9.84 Å². The zero-order chi connectivity index (χ0) is 8.81. The van der Waals surface area contributed by atoms with Crippen LogP contribution in [0.3, 0.4) is 0 Å². The van der Waals surface area contributed by atoms with Gasteiger partial charge in [0.05, 0.1) is 0 Å². The quantitative estimate of drug-likeness (QED) is 0.701. The van der Waals surface area contributed by atoms with E-state index in [2.05, 4.69) is 6.92 Å². The third kappa shape index (κ3) is 2.76. The van der Waals surface area contributed by atoms with E-state index in [0.717, 1.165) is 31.5 Å². The standard InChI is InChI=1S/C10H20O2/c1-2-9(3-6-11)10-4-7-12-8-5-10/h9-11H,2-8H2,1H3. The van der Waals surface area contributed by atoms with E-state index in [1.54, 1.807) is 0 Å². The summed E-state index contributed by atoms with van der Waals surface area (Å²) in [5.74, 6) is 1.52. The van der Waals surface area contributed by atoms with E-state index in [1.807, 2.05) is 0 Å². The first-order chi connectivity index (χ1) is 5.88. The van der Waals surface area contributed by atoms with Gasteiger partial charge in [0.25, 0.3) is 0 Å². The van der Waals surface area contributed by atoms with Gasteiger partial charge >= 0.3 is 0 Å². The van der Waals surface area contributed by atoms with E-state index in [-0.39, 0.29) is 0 Å². The molecule has 0 aromatic rings. The molecule has 1 atom stereocenters. The van der Waals surface area contributed by atoms with Crippen molar-refractivity contribution in [3.8, 4) is 0 Å². The van der Waals surface area contributed by atoms with Gasteiger partial charge in [0.15, 0.2) is 0 Å². The van der Waals surface area contributed by atoms with Gasteiger partial charge in [-0.05, 0) is 31.1 Å². The second kappa shape index (κ2) is 5.55. The summed E-state index contributed by atoms with van der Waals surface area (Å²) in [6, 6.07) is 0. The largest absolute Gasteiger partial charge is 0.396 e. The molecule has 1 aliphatic rings. The van der Waals surface area contributed by atoms with Crippen molar-refractivity contribution in [3.05, 3.63) is 0 Å². The molecular weight excluding hydrogens is 152 g/mol. The van der Waals surface area contributed by atoms with Crippen molar-refractivity contribution >= 4 is 0 Å². The molecule has 0 aromatic carbocycles. The Labute approximate surface area is 74.9 Å². The molecule has 1 saturated heterocycles. The molecule has 2 heteroatoms. The van der Waals surface area contributed by atoms with Crippen LogP contribution in [-0.4, -0.2) is 24.9 Å². The Morgan fingerprint density at radius 2 is 2.08 bits per heavy atom. The lowest BCUT2D eigenvalue weighted by molar-refractivity contribution is 0.0406. The molecule has 1 unspecified atom stereocenters. The van der Waals surface area contributed by atoms with Crippen LogP contribution in [0.2, 0.25) is 0 Å². The molecule has 1 N–H and O–H groups in total. The van der Waals surface area contributed by atoms with Crippen molar-refractivity contribution < 1.29 is 9.84 Å². The highest BCUT2D eigenvalue weighted by Gasteiger charge is 2.21. The Morgan fingerprint density at radius 1 is 1.42 bits per heavy atom. The second-order valence-electron chi connectivity index (χ2n) is 3.63. The third-order valence-electron chi connectivity index (χ3n) is 2.96. The number of hydrogen-bond acceptors (Lipinski definition) is 2. The van der Waals surface area contributed by atoms with Crippen LogP contribution in [0.5, 0.6) is 0 Å². The number of rotatable bonds is 4. The Kier molecular flexibility index (Phi) is 4.62. The van der Waals surface area contributed by atoms with E-state index in [1.165, 1.54) is 19.3 Å². The molecule has 1 rings (SSSR count). The first-order valence-corrected chi connectivity index (χ1v) is 5.07. The minimum Gasteiger partial charge on any atom is -0.396 e.